The second kappa shape index (κ2) is 6.98. The van der Waals surface area contributed by atoms with Gasteiger partial charge in [-0.2, -0.15) is 0 Å². The van der Waals surface area contributed by atoms with E-state index in [4.69, 9.17) is 10.5 Å². The van der Waals surface area contributed by atoms with Crippen molar-refractivity contribution in [1.29, 1.82) is 0 Å². The molecule has 134 valence electrons. The highest BCUT2D eigenvalue weighted by Crippen LogP contribution is 2.37. The molecule has 25 heavy (non-hydrogen) atoms. The van der Waals surface area contributed by atoms with Crippen LogP contribution in [0, 0.1) is 18.2 Å². The van der Waals surface area contributed by atoms with Crippen LogP contribution in [0.4, 0.5) is 10.2 Å². The van der Waals surface area contributed by atoms with Gasteiger partial charge < -0.3 is 10.5 Å². The molecule has 0 spiro atoms. The van der Waals surface area contributed by atoms with E-state index in [0.29, 0.717) is 17.4 Å². The van der Waals surface area contributed by atoms with Gasteiger partial charge in [0.15, 0.2) is 11.6 Å². The first-order valence-electron chi connectivity index (χ1n) is 8.85. The lowest BCUT2D eigenvalue weighted by atomic mass is 9.76. The van der Waals surface area contributed by atoms with Crippen LogP contribution in [0.15, 0.2) is 24.7 Å². The molecular weight excluding hydrogens is 317 g/mol. The van der Waals surface area contributed by atoms with Crippen molar-refractivity contribution in [2.45, 2.75) is 59.0 Å². The lowest BCUT2D eigenvalue weighted by Crippen LogP contribution is -2.28. The number of rotatable bonds is 4. The van der Waals surface area contributed by atoms with E-state index in [1.807, 2.05) is 6.92 Å². The SMILES string of the molecule is Cc1c(Cc2ccnc(N)c2F)cncc1OC1CCC(C)(C)CC1. The van der Waals surface area contributed by atoms with E-state index in [9.17, 15) is 4.39 Å². The lowest BCUT2D eigenvalue weighted by molar-refractivity contribution is 0.0978. The summed E-state index contributed by atoms with van der Waals surface area (Å²) >= 11 is 0. The van der Waals surface area contributed by atoms with Crippen LogP contribution in [-0.2, 0) is 6.42 Å². The Hall–Kier alpha value is -2.17. The van der Waals surface area contributed by atoms with Crippen molar-refractivity contribution < 1.29 is 9.13 Å². The molecule has 0 atom stereocenters. The Morgan fingerprint density at radius 2 is 1.96 bits per heavy atom. The zero-order valence-corrected chi connectivity index (χ0v) is 15.2. The van der Waals surface area contributed by atoms with Crippen LogP contribution in [0.25, 0.3) is 0 Å². The number of ether oxygens (including phenoxy) is 1. The third kappa shape index (κ3) is 4.09. The van der Waals surface area contributed by atoms with E-state index in [2.05, 4.69) is 23.8 Å². The summed E-state index contributed by atoms with van der Waals surface area (Å²) in [5.41, 5.74) is 8.45. The highest BCUT2D eigenvalue weighted by molar-refractivity contribution is 5.42. The molecule has 0 unspecified atom stereocenters. The van der Waals surface area contributed by atoms with Crippen LogP contribution in [0.5, 0.6) is 5.75 Å². The zero-order valence-electron chi connectivity index (χ0n) is 15.2. The molecule has 0 radical (unpaired) electrons. The summed E-state index contributed by atoms with van der Waals surface area (Å²) in [6, 6.07) is 1.65. The fourth-order valence-corrected chi connectivity index (χ4v) is 3.36. The van der Waals surface area contributed by atoms with Crippen LogP contribution in [-0.4, -0.2) is 16.1 Å². The van der Waals surface area contributed by atoms with Crippen molar-refractivity contribution in [2.24, 2.45) is 5.41 Å². The maximum Gasteiger partial charge on any atom is 0.168 e. The monoisotopic (exact) mass is 343 g/mol. The maximum atomic E-state index is 14.1. The van der Waals surface area contributed by atoms with Crippen LogP contribution in [0.1, 0.15) is 56.2 Å². The molecule has 2 heterocycles. The molecule has 4 nitrogen and oxygen atoms in total. The molecule has 1 aliphatic rings. The number of halogens is 1. The zero-order chi connectivity index (χ0) is 18.0. The molecule has 2 aromatic heterocycles. The number of aromatic nitrogens is 2. The molecule has 0 bridgehead atoms. The van der Waals surface area contributed by atoms with Crippen molar-refractivity contribution in [3.8, 4) is 5.75 Å². The fraction of sp³-hybridized carbons (Fsp3) is 0.500. The molecule has 1 fully saturated rings. The first-order valence-corrected chi connectivity index (χ1v) is 8.85. The number of hydrogen-bond acceptors (Lipinski definition) is 4. The lowest BCUT2D eigenvalue weighted by Gasteiger charge is -2.34. The van der Waals surface area contributed by atoms with Crippen LogP contribution >= 0.6 is 0 Å². The van der Waals surface area contributed by atoms with Gasteiger partial charge in [-0.3, -0.25) is 4.98 Å². The van der Waals surface area contributed by atoms with Crippen molar-refractivity contribution in [3.05, 3.63) is 47.2 Å². The molecule has 0 aromatic carbocycles. The molecule has 3 rings (SSSR count). The highest BCUT2D eigenvalue weighted by Gasteiger charge is 2.28. The first kappa shape index (κ1) is 17.6. The van der Waals surface area contributed by atoms with Gasteiger partial charge >= 0.3 is 0 Å². The minimum atomic E-state index is -0.456. The predicted octanol–water partition coefficient (Wildman–Crippen LogP) is 4.44. The molecule has 0 amide bonds. The standard InChI is InChI=1S/C20H26FN3O/c1-13-15(10-14-6-9-24-19(22)18(14)21)11-23-12-17(13)25-16-4-7-20(2,3)8-5-16/h6,9,11-12,16H,4-5,7-8,10H2,1-3H3,(H2,22,24). The smallest absolute Gasteiger partial charge is 0.168 e. The Balaban J connectivity index is 1.75. The van der Waals surface area contributed by atoms with Crippen molar-refractivity contribution in [1.82, 2.24) is 9.97 Å². The Bertz CT molecular complexity index is 751. The Labute approximate surface area is 148 Å². The number of nitrogen functional groups attached to an aromatic ring is 1. The second-order valence-electron chi connectivity index (χ2n) is 7.75. The van der Waals surface area contributed by atoms with Crippen molar-refractivity contribution >= 4 is 5.82 Å². The number of hydrogen-bond donors (Lipinski definition) is 1. The summed E-state index contributed by atoms with van der Waals surface area (Å²) in [5.74, 6) is 0.271. The molecule has 2 aromatic rings. The quantitative estimate of drug-likeness (QED) is 0.891. The minimum absolute atomic E-state index is 0.0691. The number of nitrogens with zero attached hydrogens (tertiary/aromatic N) is 2. The van der Waals surface area contributed by atoms with Gasteiger partial charge in [0, 0.05) is 18.8 Å². The van der Waals surface area contributed by atoms with E-state index in [1.54, 1.807) is 18.5 Å². The number of nitrogens with two attached hydrogens (primary N) is 1. The predicted molar refractivity (Wildman–Crippen MR) is 97.1 cm³/mol. The summed E-state index contributed by atoms with van der Waals surface area (Å²) < 4.78 is 20.3. The Morgan fingerprint density at radius 1 is 1.24 bits per heavy atom. The van der Waals surface area contributed by atoms with Crippen molar-refractivity contribution in [3.63, 3.8) is 0 Å². The first-order chi connectivity index (χ1) is 11.9. The molecule has 1 aliphatic carbocycles. The van der Waals surface area contributed by atoms with Crippen LogP contribution in [0.3, 0.4) is 0 Å². The Morgan fingerprint density at radius 3 is 2.68 bits per heavy atom. The van der Waals surface area contributed by atoms with E-state index in [1.165, 1.54) is 19.0 Å². The second-order valence-corrected chi connectivity index (χ2v) is 7.75. The molecular formula is C20H26FN3O. The number of anilines is 1. The fourth-order valence-electron chi connectivity index (χ4n) is 3.36. The van der Waals surface area contributed by atoms with Gasteiger partial charge in [-0.1, -0.05) is 13.8 Å². The maximum absolute atomic E-state index is 14.1. The van der Waals surface area contributed by atoms with Gasteiger partial charge in [0.1, 0.15) is 5.75 Å². The van der Waals surface area contributed by atoms with E-state index >= 15 is 0 Å². The van der Waals surface area contributed by atoms with Gasteiger partial charge in [0.25, 0.3) is 0 Å². The van der Waals surface area contributed by atoms with E-state index in [0.717, 1.165) is 29.7 Å². The topological polar surface area (TPSA) is 61.0 Å². The largest absolute Gasteiger partial charge is 0.489 e. The Kier molecular flexibility index (Phi) is 4.93. The third-order valence-electron chi connectivity index (χ3n) is 5.23. The van der Waals surface area contributed by atoms with Crippen LogP contribution in [0.2, 0.25) is 0 Å². The molecule has 1 saturated carbocycles. The molecule has 0 aliphatic heterocycles. The summed E-state index contributed by atoms with van der Waals surface area (Å²) in [4.78, 5) is 8.07. The molecule has 0 saturated heterocycles. The third-order valence-corrected chi connectivity index (χ3v) is 5.23. The summed E-state index contributed by atoms with van der Waals surface area (Å²) in [6.45, 7) is 6.62. The molecule has 2 N–H and O–H groups in total. The summed E-state index contributed by atoms with van der Waals surface area (Å²) in [6.07, 6.45) is 10.2. The number of pyridine rings is 2. The van der Waals surface area contributed by atoms with Gasteiger partial charge in [-0.15, -0.1) is 0 Å². The van der Waals surface area contributed by atoms with Crippen molar-refractivity contribution in [2.75, 3.05) is 5.73 Å². The van der Waals surface area contributed by atoms with E-state index < -0.39 is 5.82 Å². The minimum Gasteiger partial charge on any atom is -0.489 e. The van der Waals surface area contributed by atoms with Gasteiger partial charge in [0.2, 0.25) is 0 Å². The summed E-state index contributed by atoms with van der Waals surface area (Å²) in [5, 5.41) is 0. The van der Waals surface area contributed by atoms with Gasteiger partial charge in [0.05, 0.1) is 12.3 Å². The summed E-state index contributed by atoms with van der Waals surface area (Å²) in [7, 11) is 0. The van der Waals surface area contributed by atoms with E-state index in [-0.39, 0.29) is 11.9 Å². The average Bonchev–Trinajstić information content (AvgIpc) is 2.57. The van der Waals surface area contributed by atoms with Crippen LogP contribution < -0.4 is 10.5 Å². The van der Waals surface area contributed by atoms with Gasteiger partial charge in [-0.05, 0) is 60.8 Å². The highest BCUT2D eigenvalue weighted by atomic mass is 19.1. The van der Waals surface area contributed by atoms with Gasteiger partial charge in [-0.25, -0.2) is 9.37 Å². The average molecular weight is 343 g/mol. The normalized spacial score (nSPS) is 17.4. The molecule has 5 heteroatoms.